The Labute approximate surface area is 186 Å². The van der Waals surface area contributed by atoms with Gasteiger partial charge in [0.25, 0.3) is 0 Å². The third kappa shape index (κ3) is 3.20. The van der Waals surface area contributed by atoms with Crippen LogP contribution in [0.25, 0.3) is 0 Å². The maximum atomic E-state index is 13.8. The minimum Gasteiger partial charge on any atom is -0.480 e. The summed E-state index contributed by atoms with van der Waals surface area (Å²) < 4.78 is 0. The van der Waals surface area contributed by atoms with Crippen LogP contribution in [0.15, 0.2) is 43.0 Å². The predicted molar refractivity (Wildman–Crippen MR) is 114 cm³/mol. The van der Waals surface area contributed by atoms with Gasteiger partial charge in [-0.15, -0.1) is 0 Å². The van der Waals surface area contributed by atoms with Crippen LogP contribution in [0.1, 0.15) is 24.8 Å². The van der Waals surface area contributed by atoms with Crippen LogP contribution in [-0.2, 0) is 25.6 Å². The highest BCUT2D eigenvalue weighted by Crippen LogP contribution is 2.50. The highest BCUT2D eigenvalue weighted by molar-refractivity contribution is 6.00. The molecule has 4 aliphatic rings. The van der Waals surface area contributed by atoms with E-state index >= 15 is 0 Å². The molecule has 4 fully saturated rings. The molecular weight excluding hydrogens is 410 g/mol. The van der Waals surface area contributed by atoms with E-state index in [0.717, 1.165) is 12.0 Å². The van der Waals surface area contributed by atoms with E-state index in [9.17, 15) is 24.3 Å². The summed E-state index contributed by atoms with van der Waals surface area (Å²) in [6.07, 6.45) is 3.52. The molecule has 8 heteroatoms. The van der Waals surface area contributed by atoms with Crippen molar-refractivity contribution >= 4 is 23.7 Å². The first-order valence-electron chi connectivity index (χ1n) is 11.2. The number of rotatable bonds is 6. The molecule has 1 spiro atoms. The molecule has 2 aliphatic heterocycles. The van der Waals surface area contributed by atoms with E-state index in [1.165, 1.54) is 11.0 Å². The van der Waals surface area contributed by atoms with E-state index in [2.05, 4.69) is 6.58 Å². The van der Waals surface area contributed by atoms with Gasteiger partial charge in [-0.1, -0.05) is 36.9 Å². The van der Waals surface area contributed by atoms with E-state index in [-0.39, 0.29) is 36.1 Å². The molecule has 3 amide bonds. The van der Waals surface area contributed by atoms with Crippen molar-refractivity contribution in [2.24, 2.45) is 11.8 Å². The second kappa shape index (κ2) is 7.46. The number of amides is 3. The lowest BCUT2D eigenvalue weighted by atomic mass is 9.98. The van der Waals surface area contributed by atoms with Gasteiger partial charge in [-0.25, -0.2) is 4.79 Å². The van der Waals surface area contributed by atoms with Crippen LogP contribution in [0.3, 0.4) is 0 Å². The molecule has 1 N–H and O–H groups in total. The van der Waals surface area contributed by atoms with Crippen molar-refractivity contribution in [3.63, 3.8) is 0 Å². The van der Waals surface area contributed by atoms with Crippen LogP contribution >= 0.6 is 0 Å². The number of benzene rings is 1. The van der Waals surface area contributed by atoms with Gasteiger partial charge < -0.3 is 19.8 Å². The minimum atomic E-state index is -0.979. The minimum absolute atomic E-state index is 0.0151. The fraction of sp³-hybridized carbons (Fsp3) is 0.500. The van der Waals surface area contributed by atoms with Gasteiger partial charge in [-0.3, -0.25) is 14.4 Å². The van der Waals surface area contributed by atoms with Crippen LogP contribution in [-0.4, -0.2) is 80.8 Å². The molecule has 2 saturated carbocycles. The quantitative estimate of drug-likeness (QED) is 0.668. The molecular formula is C24H27N3O5. The van der Waals surface area contributed by atoms with E-state index in [1.54, 1.807) is 9.80 Å². The van der Waals surface area contributed by atoms with E-state index < -0.39 is 23.6 Å². The molecule has 1 aromatic rings. The molecule has 1 aromatic carbocycles. The molecule has 0 bridgehead atoms. The average Bonchev–Trinajstić information content (AvgIpc) is 3.71. The first-order chi connectivity index (χ1) is 15.4. The summed E-state index contributed by atoms with van der Waals surface area (Å²) in [5.74, 6) is -1.52. The van der Waals surface area contributed by atoms with Crippen molar-refractivity contribution in [2.45, 2.75) is 43.3 Å². The number of carbonyl (C=O) groups is 4. The zero-order valence-electron chi connectivity index (χ0n) is 17.9. The van der Waals surface area contributed by atoms with Crippen LogP contribution < -0.4 is 0 Å². The zero-order valence-corrected chi connectivity index (χ0v) is 17.9. The van der Waals surface area contributed by atoms with Crippen LogP contribution in [0.4, 0.5) is 0 Å². The second-order valence-electron chi connectivity index (χ2n) is 9.36. The summed E-state index contributed by atoms with van der Waals surface area (Å²) in [5, 5.41) is 9.75. The van der Waals surface area contributed by atoms with Crippen molar-refractivity contribution in [3.05, 3.63) is 48.6 Å². The Morgan fingerprint density at radius 1 is 1.19 bits per heavy atom. The Hall–Kier alpha value is -3.16. The molecule has 2 heterocycles. The number of piperazine rings is 1. The fourth-order valence-corrected chi connectivity index (χ4v) is 5.61. The number of nitrogens with zero attached hydrogens (tertiary/aromatic N) is 3. The largest absolute Gasteiger partial charge is 0.480 e. The highest BCUT2D eigenvalue weighted by atomic mass is 16.4. The number of carboxylic acid groups (broad SMARTS) is 1. The normalized spacial score (nSPS) is 28.3. The van der Waals surface area contributed by atoms with Gasteiger partial charge >= 0.3 is 5.97 Å². The van der Waals surface area contributed by atoms with Gasteiger partial charge in [0.05, 0.1) is 0 Å². The van der Waals surface area contributed by atoms with Crippen LogP contribution in [0.2, 0.25) is 0 Å². The smallest absolute Gasteiger partial charge is 0.326 e. The molecule has 5 rings (SSSR count). The Balaban J connectivity index is 1.45. The SMILES string of the molecule is C=CC(=O)N1CCN([C@@H](Cc2ccccc2)C(=O)N2C[C@H]3C[C@H]3[C@H]2C(=O)O)C(=O)C12CC2. The maximum Gasteiger partial charge on any atom is 0.326 e. The van der Waals surface area contributed by atoms with Crippen LogP contribution in [0.5, 0.6) is 0 Å². The van der Waals surface area contributed by atoms with Gasteiger partial charge in [0.2, 0.25) is 17.7 Å². The molecule has 4 atom stereocenters. The molecule has 2 aliphatic carbocycles. The van der Waals surface area contributed by atoms with E-state index in [4.69, 9.17) is 0 Å². The number of hydrogen-bond acceptors (Lipinski definition) is 4. The van der Waals surface area contributed by atoms with Gasteiger partial charge in [-0.2, -0.15) is 0 Å². The number of fused-ring (bicyclic) bond motifs is 1. The number of aliphatic carboxylic acids is 1. The third-order valence-corrected chi connectivity index (χ3v) is 7.52. The Morgan fingerprint density at radius 3 is 2.53 bits per heavy atom. The molecule has 168 valence electrons. The van der Waals surface area contributed by atoms with Crippen LogP contribution in [0, 0.1) is 11.8 Å². The number of carbonyl (C=O) groups excluding carboxylic acids is 3. The number of hydrogen-bond donors (Lipinski definition) is 1. The van der Waals surface area contributed by atoms with Gasteiger partial charge in [0.1, 0.15) is 17.6 Å². The number of piperidine rings is 1. The van der Waals surface area contributed by atoms with Gasteiger partial charge in [0, 0.05) is 26.1 Å². The number of likely N-dealkylation sites (tertiary alicyclic amines) is 1. The summed E-state index contributed by atoms with van der Waals surface area (Å²) in [6, 6.07) is 7.86. The summed E-state index contributed by atoms with van der Waals surface area (Å²) >= 11 is 0. The first kappa shape index (κ1) is 20.7. The van der Waals surface area contributed by atoms with E-state index in [1.807, 2.05) is 30.3 Å². The monoisotopic (exact) mass is 437 g/mol. The molecule has 32 heavy (non-hydrogen) atoms. The molecule has 0 unspecified atom stereocenters. The predicted octanol–water partition coefficient (Wildman–Crippen LogP) is 0.919. The fourth-order valence-electron chi connectivity index (χ4n) is 5.61. The first-order valence-corrected chi connectivity index (χ1v) is 11.2. The maximum absolute atomic E-state index is 13.8. The van der Waals surface area contributed by atoms with Crippen molar-refractivity contribution in [1.82, 2.24) is 14.7 Å². The highest BCUT2D eigenvalue weighted by Gasteiger charge is 2.62. The lowest BCUT2D eigenvalue weighted by molar-refractivity contribution is -0.160. The molecule has 8 nitrogen and oxygen atoms in total. The lowest BCUT2D eigenvalue weighted by Crippen LogP contribution is -2.65. The topological polar surface area (TPSA) is 98.2 Å². The van der Waals surface area contributed by atoms with E-state index in [0.29, 0.717) is 32.4 Å². The Morgan fingerprint density at radius 2 is 1.91 bits per heavy atom. The third-order valence-electron chi connectivity index (χ3n) is 7.52. The summed E-state index contributed by atoms with van der Waals surface area (Å²) in [5.41, 5.74) is 0.0160. The summed E-state index contributed by atoms with van der Waals surface area (Å²) in [6.45, 7) is 4.55. The van der Waals surface area contributed by atoms with Gasteiger partial charge in [0.15, 0.2) is 0 Å². The molecule has 0 radical (unpaired) electrons. The zero-order chi connectivity index (χ0) is 22.6. The standard InChI is InChI=1S/C24H27N3O5/c1-2-19(28)27-11-10-25(23(32)24(27)8-9-24)18(12-15-6-4-3-5-7-15)21(29)26-14-16-13-17(16)20(26)22(30)31/h2-7,16-18,20H,1,8-14H2,(H,30,31)/t16-,17-,18+,20+/m1/s1. The average molecular weight is 437 g/mol. The van der Waals surface area contributed by atoms with Crippen molar-refractivity contribution in [3.8, 4) is 0 Å². The van der Waals surface area contributed by atoms with Crippen molar-refractivity contribution in [2.75, 3.05) is 19.6 Å². The second-order valence-corrected chi connectivity index (χ2v) is 9.36. The summed E-state index contributed by atoms with van der Waals surface area (Å²) in [4.78, 5) is 56.2. The van der Waals surface area contributed by atoms with Gasteiger partial charge in [-0.05, 0) is 42.7 Å². The molecule has 2 saturated heterocycles. The number of carboxylic acids is 1. The lowest BCUT2D eigenvalue weighted by Gasteiger charge is -2.44. The Bertz CT molecular complexity index is 989. The molecule has 0 aromatic heterocycles. The van der Waals surface area contributed by atoms with Crippen molar-refractivity contribution in [1.29, 1.82) is 0 Å². The summed E-state index contributed by atoms with van der Waals surface area (Å²) in [7, 11) is 0. The van der Waals surface area contributed by atoms with Crippen molar-refractivity contribution < 1.29 is 24.3 Å². The Kier molecular flexibility index (Phi) is 4.83.